The summed E-state index contributed by atoms with van der Waals surface area (Å²) < 4.78 is 0. The molecule has 106 valence electrons. The summed E-state index contributed by atoms with van der Waals surface area (Å²) in [4.78, 5) is 37.4. The number of rotatable bonds is 5. The second-order valence-corrected chi connectivity index (χ2v) is 4.32. The lowest BCUT2D eigenvalue weighted by Crippen LogP contribution is -2.35. The van der Waals surface area contributed by atoms with Crippen LogP contribution in [-0.4, -0.2) is 46.4 Å². The quantitative estimate of drug-likeness (QED) is 0.467. The average molecular weight is 300 g/mol. The van der Waals surface area contributed by atoms with E-state index in [2.05, 4.69) is 15.6 Å². The predicted molar refractivity (Wildman–Crippen MR) is 69.5 cm³/mol. The van der Waals surface area contributed by atoms with Crippen molar-refractivity contribution < 1.29 is 14.5 Å². The maximum absolute atomic E-state index is 11.3. The number of hydrogen-bond acceptors (Lipinski definition) is 6. The summed E-state index contributed by atoms with van der Waals surface area (Å²) in [5.74, 6) is -0.0520. The number of nitrogens with one attached hydrogen (secondary N) is 2. The molecule has 1 saturated heterocycles. The van der Waals surface area contributed by atoms with E-state index in [1.165, 1.54) is 6.07 Å². The van der Waals surface area contributed by atoms with E-state index in [-0.39, 0.29) is 42.1 Å². The number of nitro groups is 1. The van der Waals surface area contributed by atoms with E-state index in [1.54, 1.807) is 0 Å². The number of amides is 3. The van der Waals surface area contributed by atoms with E-state index in [9.17, 15) is 19.7 Å². The SMILES string of the molecule is O=C1CNC(=O)N1CCNc1ncc([N+](=O)[O-])cc1Cl. The Balaban J connectivity index is 1.93. The van der Waals surface area contributed by atoms with Crippen LogP contribution in [0.3, 0.4) is 0 Å². The van der Waals surface area contributed by atoms with Gasteiger partial charge in [0.05, 0.1) is 16.5 Å². The molecule has 1 aromatic rings. The Morgan fingerprint density at radius 1 is 1.55 bits per heavy atom. The summed E-state index contributed by atoms with van der Waals surface area (Å²) in [6.45, 7) is 0.388. The molecule has 9 nitrogen and oxygen atoms in total. The van der Waals surface area contributed by atoms with Crippen molar-refractivity contribution in [3.8, 4) is 0 Å². The number of halogens is 1. The van der Waals surface area contributed by atoms with Crippen LogP contribution in [-0.2, 0) is 4.79 Å². The number of nitrogens with zero attached hydrogens (tertiary/aromatic N) is 3. The molecule has 0 aromatic carbocycles. The third kappa shape index (κ3) is 2.94. The molecule has 1 aliphatic rings. The highest BCUT2D eigenvalue weighted by Crippen LogP contribution is 2.23. The molecule has 10 heteroatoms. The Hall–Kier alpha value is -2.42. The molecule has 2 heterocycles. The molecule has 0 atom stereocenters. The lowest BCUT2D eigenvalue weighted by atomic mass is 10.4. The summed E-state index contributed by atoms with van der Waals surface area (Å²) in [6.07, 6.45) is 1.07. The fourth-order valence-corrected chi connectivity index (χ4v) is 1.85. The third-order valence-electron chi connectivity index (χ3n) is 2.60. The zero-order valence-corrected chi connectivity index (χ0v) is 10.9. The van der Waals surface area contributed by atoms with Crippen LogP contribution in [0.5, 0.6) is 0 Å². The highest BCUT2D eigenvalue weighted by molar-refractivity contribution is 6.33. The molecule has 0 spiro atoms. The number of imide groups is 1. The molecule has 1 fully saturated rings. The van der Waals surface area contributed by atoms with Crippen molar-refractivity contribution in [2.75, 3.05) is 25.0 Å². The first-order chi connectivity index (χ1) is 9.49. The number of urea groups is 1. The van der Waals surface area contributed by atoms with E-state index < -0.39 is 11.0 Å². The summed E-state index contributed by atoms with van der Waals surface area (Å²) in [5.41, 5.74) is -0.213. The van der Waals surface area contributed by atoms with Gasteiger partial charge in [-0.25, -0.2) is 9.78 Å². The molecule has 20 heavy (non-hydrogen) atoms. The van der Waals surface area contributed by atoms with Gasteiger partial charge in [0.15, 0.2) is 0 Å². The molecule has 0 aliphatic carbocycles. The van der Waals surface area contributed by atoms with Gasteiger partial charge in [0.25, 0.3) is 5.69 Å². The van der Waals surface area contributed by atoms with Crippen LogP contribution in [0.1, 0.15) is 0 Å². The van der Waals surface area contributed by atoms with Gasteiger partial charge in [0.2, 0.25) is 5.91 Å². The summed E-state index contributed by atoms with van der Waals surface area (Å²) in [7, 11) is 0. The number of anilines is 1. The lowest BCUT2D eigenvalue weighted by Gasteiger charge is -2.13. The molecule has 2 rings (SSSR count). The molecule has 0 bridgehead atoms. The smallest absolute Gasteiger partial charge is 0.324 e. The van der Waals surface area contributed by atoms with E-state index in [0.29, 0.717) is 0 Å². The average Bonchev–Trinajstić information content (AvgIpc) is 2.71. The predicted octanol–water partition coefficient (Wildman–Crippen LogP) is 0.607. The van der Waals surface area contributed by atoms with Gasteiger partial charge < -0.3 is 10.6 Å². The Bertz CT molecular complexity index is 563. The van der Waals surface area contributed by atoms with Gasteiger partial charge >= 0.3 is 6.03 Å². The van der Waals surface area contributed by atoms with Crippen molar-refractivity contribution in [3.05, 3.63) is 27.4 Å². The molecule has 1 aliphatic heterocycles. The number of pyridine rings is 1. The standard InChI is InChI=1S/C10H10ClN5O4/c11-7-3-6(16(19)20)4-13-9(7)12-1-2-15-8(17)5-14-10(15)18/h3-4H,1-2,5H2,(H,12,13)(H,14,18). The van der Waals surface area contributed by atoms with Crippen LogP contribution in [0.15, 0.2) is 12.3 Å². The normalized spacial score (nSPS) is 14.3. The second-order valence-electron chi connectivity index (χ2n) is 3.91. The van der Waals surface area contributed by atoms with Gasteiger partial charge in [-0.1, -0.05) is 11.6 Å². The van der Waals surface area contributed by atoms with E-state index in [1.807, 2.05) is 0 Å². The van der Waals surface area contributed by atoms with Crippen molar-refractivity contribution >= 4 is 35.0 Å². The molecular formula is C10H10ClN5O4. The molecule has 0 radical (unpaired) electrons. The van der Waals surface area contributed by atoms with Crippen LogP contribution >= 0.6 is 11.6 Å². The number of carbonyl (C=O) groups excluding carboxylic acids is 2. The van der Waals surface area contributed by atoms with Crippen LogP contribution in [0.25, 0.3) is 0 Å². The maximum Gasteiger partial charge on any atom is 0.324 e. The van der Waals surface area contributed by atoms with Gasteiger partial charge in [-0.3, -0.25) is 19.8 Å². The minimum Gasteiger partial charge on any atom is -0.367 e. The van der Waals surface area contributed by atoms with E-state index >= 15 is 0 Å². The minimum atomic E-state index is -0.601. The molecule has 3 amide bonds. The van der Waals surface area contributed by atoms with Crippen LogP contribution in [0.2, 0.25) is 5.02 Å². The van der Waals surface area contributed by atoms with Crippen molar-refractivity contribution in [2.24, 2.45) is 0 Å². The molecule has 0 unspecified atom stereocenters. The van der Waals surface area contributed by atoms with Gasteiger partial charge in [-0.05, 0) is 0 Å². The van der Waals surface area contributed by atoms with Crippen molar-refractivity contribution in [1.82, 2.24) is 15.2 Å². The highest BCUT2D eigenvalue weighted by atomic mass is 35.5. The van der Waals surface area contributed by atoms with Crippen molar-refractivity contribution in [2.45, 2.75) is 0 Å². The van der Waals surface area contributed by atoms with Crippen LogP contribution in [0, 0.1) is 10.1 Å². The Kier molecular flexibility index (Phi) is 3.99. The number of aromatic nitrogens is 1. The lowest BCUT2D eigenvalue weighted by molar-refractivity contribution is -0.385. The van der Waals surface area contributed by atoms with E-state index in [4.69, 9.17) is 11.6 Å². The minimum absolute atomic E-state index is 0.00459. The summed E-state index contributed by atoms with van der Waals surface area (Å²) in [6, 6.07) is 0.726. The Morgan fingerprint density at radius 3 is 2.85 bits per heavy atom. The largest absolute Gasteiger partial charge is 0.367 e. The maximum atomic E-state index is 11.3. The first kappa shape index (κ1) is 14.0. The summed E-state index contributed by atoms with van der Waals surface area (Å²) in [5, 5.41) is 15.8. The number of carbonyl (C=O) groups is 2. The number of hydrogen-bond donors (Lipinski definition) is 2. The Labute approximate surface area is 118 Å². The van der Waals surface area contributed by atoms with Crippen molar-refractivity contribution in [1.29, 1.82) is 0 Å². The van der Waals surface area contributed by atoms with Crippen LogP contribution in [0.4, 0.5) is 16.3 Å². The monoisotopic (exact) mass is 299 g/mol. The highest BCUT2D eigenvalue weighted by Gasteiger charge is 2.27. The third-order valence-corrected chi connectivity index (χ3v) is 2.89. The Morgan fingerprint density at radius 2 is 2.30 bits per heavy atom. The molecule has 0 saturated carbocycles. The first-order valence-electron chi connectivity index (χ1n) is 5.61. The fraction of sp³-hybridized carbons (Fsp3) is 0.300. The molecule has 2 N–H and O–H groups in total. The van der Waals surface area contributed by atoms with Crippen LogP contribution < -0.4 is 10.6 Å². The molecular weight excluding hydrogens is 290 g/mol. The second kappa shape index (κ2) is 5.70. The van der Waals surface area contributed by atoms with Gasteiger partial charge in [-0.2, -0.15) is 0 Å². The first-order valence-corrected chi connectivity index (χ1v) is 5.99. The summed E-state index contributed by atoms with van der Waals surface area (Å²) >= 11 is 5.84. The fourth-order valence-electron chi connectivity index (χ4n) is 1.63. The zero-order chi connectivity index (χ0) is 14.7. The molecule has 1 aromatic heterocycles. The van der Waals surface area contributed by atoms with Gasteiger partial charge in [-0.15, -0.1) is 0 Å². The zero-order valence-electron chi connectivity index (χ0n) is 10.1. The van der Waals surface area contributed by atoms with Gasteiger partial charge in [0, 0.05) is 19.2 Å². The van der Waals surface area contributed by atoms with Crippen molar-refractivity contribution in [3.63, 3.8) is 0 Å². The van der Waals surface area contributed by atoms with E-state index in [0.717, 1.165) is 11.1 Å². The van der Waals surface area contributed by atoms with Gasteiger partial charge in [0.1, 0.15) is 12.0 Å². The topological polar surface area (TPSA) is 117 Å².